The summed E-state index contributed by atoms with van der Waals surface area (Å²) >= 11 is 0. The molecule has 1 aliphatic heterocycles. The van der Waals surface area contributed by atoms with Crippen molar-refractivity contribution in [2.24, 2.45) is 0 Å². The summed E-state index contributed by atoms with van der Waals surface area (Å²) in [7, 11) is 0. The van der Waals surface area contributed by atoms with E-state index in [1.54, 1.807) is 30.7 Å². The molecular formula is C19H24N4O4. The zero-order valence-corrected chi connectivity index (χ0v) is 16.0. The molecule has 0 spiro atoms. The molecule has 8 nitrogen and oxygen atoms in total. The van der Waals surface area contributed by atoms with E-state index in [-0.39, 0.29) is 23.8 Å². The Morgan fingerprint density at radius 3 is 2.33 bits per heavy atom. The lowest BCUT2D eigenvalue weighted by atomic mass is 10.1. The van der Waals surface area contributed by atoms with E-state index in [9.17, 15) is 14.9 Å². The van der Waals surface area contributed by atoms with Gasteiger partial charge in [0.15, 0.2) is 0 Å². The second kappa shape index (κ2) is 7.48. The molecule has 1 fully saturated rings. The zero-order valence-electron chi connectivity index (χ0n) is 16.0. The van der Waals surface area contributed by atoms with Crippen LogP contribution in [-0.4, -0.2) is 50.8 Å². The number of nitrogens with zero attached hydrogens (tertiary/aromatic N) is 4. The average molecular weight is 372 g/mol. The number of ether oxygens (including phenoxy) is 1. The Morgan fingerprint density at radius 1 is 1.22 bits per heavy atom. The lowest BCUT2D eigenvalue weighted by molar-refractivity contribution is -0.386. The van der Waals surface area contributed by atoms with Gasteiger partial charge in [-0.3, -0.25) is 19.6 Å². The molecule has 1 aromatic carbocycles. The summed E-state index contributed by atoms with van der Waals surface area (Å²) in [6.07, 6.45) is 0.0533. The van der Waals surface area contributed by atoms with Crippen LogP contribution in [0.2, 0.25) is 0 Å². The van der Waals surface area contributed by atoms with E-state index in [1.807, 2.05) is 30.9 Å². The summed E-state index contributed by atoms with van der Waals surface area (Å²) in [5, 5.41) is 15.4. The molecule has 27 heavy (non-hydrogen) atoms. The van der Waals surface area contributed by atoms with Crippen LogP contribution in [0.4, 0.5) is 5.69 Å². The monoisotopic (exact) mass is 372 g/mol. The maximum Gasteiger partial charge on any atom is 0.312 e. The Labute approximate surface area is 157 Å². The molecule has 1 amide bonds. The van der Waals surface area contributed by atoms with Crippen LogP contribution in [0.3, 0.4) is 0 Å². The molecule has 2 atom stereocenters. The van der Waals surface area contributed by atoms with Crippen molar-refractivity contribution in [3.8, 4) is 0 Å². The van der Waals surface area contributed by atoms with Gasteiger partial charge in [-0.15, -0.1) is 0 Å². The van der Waals surface area contributed by atoms with E-state index in [2.05, 4.69) is 5.10 Å². The lowest BCUT2D eigenvalue weighted by Gasteiger charge is -2.35. The molecule has 2 heterocycles. The number of carbonyl (C=O) groups is 1. The Balaban J connectivity index is 1.73. The van der Waals surface area contributed by atoms with E-state index in [0.29, 0.717) is 36.6 Å². The number of morpholine rings is 1. The molecule has 1 aliphatic rings. The van der Waals surface area contributed by atoms with E-state index in [1.165, 1.54) is 0 Å². The van der Waals surface area contributed by atoms with Gasteiger partial charge in [0.25, 0.3) is 5.91 Å². The predicted molar refractivity (Wildman–Crippen MR) is 99.8 cm³/mol. The highest BCUT2D eigenvalue weighted by Crippen LogP contribution is 2.23. The van der Waals surface area contributed by atoms with Crippen LogP contribution in [0.15, 0.2) is 24.3 Å². The number of aryl methyl sites for hydroxylation is 1. The molecule has 2 aromatic rings. The quantitative estimate of drug-likeness (QED) is 0.608. The highest BCUT2D eigenvalue weighted by atomic mass is 16.6. The third-order valence-electron chi connectivity index (χ3n) is 4.77. The van der Waals surface area contributed by atoms with E-state index in [0.717, 1.165) is 5.56 Å². The maximum atomic E-state index is 12.7. The topological polar surface area (TPSA) is 90.5 Å². The standard InChI is InChI=1S/C19H24N4O4/c1-12-9-21(10-13(2)27-12)19(24)17-7-5-16(6-8-17)11-22-15(4)18(23(25)26)14(3)20-22/h5-8,12-13H,9-11H2,1-4H3. The average Bonchev–Trinajstić information content (AvgIpc) is 2.87. The number of amides is 1. The first-order chi connectivity index (χ1) is 12.8. The van der Waals surface area contributed by atoms with Gasteiger partial charge in [-0.1, -0.05) is 12.1 Å². The van der Waals surface area contributed by atoms with Crippen molar-refractivity contribution in [2.75, 3.05) is 13.1 Å². The predicted octanol–water partition coefficient (Wildman–Crippen LogP) is 2.71. The fraction of sp³-hybridized carbons (Fsp3) is 0.474. The molecule has 0 N–H and O–H groups in total. The normalized spacial score (nSPS) is 19.9. The van der Waals surface area contributed by atoms with Crippen LogP contribution >= 0.6 is 0 Å². The minimum atomic E-state index is -0.403. The van der Waals surface area contributed by atoms with Crippen molar-refractivity contribution in [1.82, 2.24) is 14.7 Å². The molecule has 0 bridgehead atoms. The fourth-order valence-corrected chi connectivity index (χ4v) is 3.56. The molecular weight excluding hydrogens is 348 g/mol. The van der Waals surface area contributed by atoms with Crippen molar-refractivity contribution in [3.05, 3.63) is 56.9 Å². The highest BCUT2D eigenvalue weighted by Gasteiger charge is 2.26. The molecule has 8 heteroatoms. The smallest absolute Gasteiger partial charge is 0.312 e. The summed E-state index contributed by atoms with van der Waals surface area (Å²) in [4.78, 5) is 25.3. The fourth-order valence-electron chi connectivity index (χ4n) is 3.56. The number of rotatable bonds is 4. The van der Waals surface area contributed by atoms with E-state index < -0.39 is 4.92 Å². The van der Waals surface area contributed by atoms with Crippen molar-refractivity contribution in [3.63, 3.8) is 0 Å². The summed E-state index contributed by atoms with van der Waals surface area (Å²) in [5.74, 6) is -0.00898. The third kappa shape index (κ3) is 4.00. The number of carbonyl (C=O) groups excluding carboxylic acids is 1. The summed E-state index contributed by atoms with van der Waals surface area (Å²) < 4.78 is 7.30. The molecule has 3 rings (SSSR count). The highest BCUT2D eigenvalue weighted by molar-refractivity contribution is 5.94. The van der Waals surface area contributed by atoms with Crippen LogP contribution in [0.1, 0.15) is 41.2 Å². The Bertz CT molecular complexity index is 849. The largest absolute Gasteiger partial charge is 0.372 e. The number of nitro groups is 1. The van der Waals surface area contributed by atoms with Crippen molar-refractivity contribution >= 4 is 11.6 Å². The minimum Gasteiger partial charge on any atom is -0.372 e. The Hall–Kier alpha value is -2.74. The van der Waals surface area contributed by atoms with Gasteiger partial charge in [-0.25, -0.2) is 0 Å². The van der Waals surface area contributed by atoms with E-state index in [4.69, 9.17) is 4.74 Å². The second-order valence-corrected chi connectivity index (χ2v) is 7.10. The lowest BCUT2D eigenvalue weighted by Crippen LogP contribution is -2.48. The first kappa shape index (κ1) is 19.0. The van der Waals surface area contributed by atoms with Gasteiger partial charge >= 0.3 is 5.69 Å². The molecule has 0 aliphatic carbocycles. The van der Waals surface area contributed by atoms with Gasteiger partial charge in [0, 0.05) is 18.7 Å². The molecule has 1 saturated heterocycles. The summed E-state index contributed by atoms with van der Waals surface area (Å²) in [6.45, 7) is 8.84. The van der Waals surface area contributed by atoms with Gasteiger partial charge in [0.1, 0.15) is 11.4 Å². The molecule has 1 aromatic heterocycles. The minimum absolute atomic E-state index is 0.00898. The molecule has 0 radical (unpaired) electrons. The Morgan fingerprint density at radius 2 is 1.81 bits per heavy atom. The van der Waals surface area contributed by atoms with Gasteiger partial charge in [0.05, 0.1) is 23.7 Å². The van der Waals surface area contributed by atoms with Crippen molar-refractivity contribution in [2.45, 2.75) is 46.4 Å². The first-order valence-corrected chi connectivity index (χ1v) is 8.98. The molecule has 0 saturated carbocycles. The summed E-state index contributed by atoms with van der Waals surface area (Å²) in [5.41, 5.74) is 2.53. The second-order valence-electron chi connectivity index (χ2n) is 7.10. The van der Waals surface area contributed by atoms with Crippen LogP contribution in [0.5, 0.6) is 0 Å². The summed E-state index contributed by atoms with van der Waals surface area (Å²) in [6, 6.07) is 7.32. The molecule has 2 unspecified atom stereocenters. The van der Waals surface area contributed by atoms with Crippen LogP contribution in [-0.2, 0) is 11.3 Å². The molecule has 144 valence electrons. The van der Waals surface area contributed by atoms with Gasteiger partial charge < -0.3 is 9.64 Å². The Kier molecular flexibility index (Phi) is 5.27. The number of aromatic nitrogens is 2. The van der Waals surface area contributed by atoms with Gasteiger partial charge in [0.2, 0.25) is 0 Å². The van der Waals surface area contributed by atoms with Gasteiger partial charge in [-0.05, 0) is 45.4 Å². The zero-order chi connectivity index (χ0) is 19.7. The first-order valence-electron chi connectivity index (χ1n) is 8.98. The van der Waals surface area contributed by atoms with Crippen LogP contribution in [0, 0.1) is 24.0 Å². The third-order valence-corrected chi connectivity index (χ3v) is 4.77. The van der Waals surface area contributed by atoms with Gasteiger partial charge in [-0.2, -0.15) is 5.10 Å². The van der Waals surface area contributed by atoms with E-state index >= 15 is 0 Å². The SMILES string of the molecule is Cc1nn(Cc2ccc(C(=O)N3CC(C)OC(C)C3)cc2)c(C)c1[N+](=O)[O-]. The van der Waals surface area contributed by atoms with Crippen molar-refractivity contribution in [1.29, 1.82) is 0 Å². The number of hydrogen-bond donors (Lipinski definition) is 0. The maximum absolute atomic E-state index is 12.7. The van der Waals surface area contributed by atoms with Crippen LogP contribution in [0.25, 0.3) is 0 Å². The van der Waals surface area contributed by atoms with Crippen molar-refractivity contribution < 1.29 is 14.5 Å². The van der Waals surface area contributed by atoms with Crippen LogP contribution < -0.4 is 0 Å². The number of hydrogen-bond acceptors (Lipinski definition) is 5. The number of benzene rings is 1.